The van der Waals surface area contributed by atoms with Crippen molar-refractivity contribution < 1.29 is 9.21 Å². The number of thioether (sulfide) groups is 1. The number of carbonyl (C=O) groups is 1. The molecule has 2 aromatic rings. The first kappa shape index (κ1) is 18.4. The molecule has 1 aliphatic rings. The molecule has 0 bridgehead atoms. The first-order valence-electron chi connectivity index (χ1n) is 8.47. The van der Waals surface area contributed by atoms with Crippen molar-refractivity contribution in [1.82, 2.24) is 15.3 Å². The number of carbonyl (C=O) groups excluding carboxylic acids is 1. The average Bonchev–Trinajstić information content (AvgIpc) is 3.22. The van der Waals surface area contributed by atoms with Crippen LogP contribution in [0.15, 0.2) is 21.0 Å². The Hall–Kier alpha value is -1.38. The Morgan fingerprint density at radius 1 is 1.44 bits per heavy atom. The molecule has 0 radical (unpaired) electrons. The van der Waals surface area contributed by atoms with Gasteiger partial charge in [-0.3, -0.25) is 4.79 Å². The minimum absolute atomic E-state index is 0.0359. The van der Waals surface area contributed by atoms with Crippen molar-refractivity contribution in [3.05, 3.63) is 24.0 Å². The van der Waals surface area contributed by atoms with Gasteiger partial charge in [-0.25, -0.2) is 9.97 Å². The summed E-state index contributed by atoms with van der Waals surface area (Å²) in [6, 6.07) is 0. The normalized spacial score (nSPS) is 18.3. The van der Waals surface area contributed by atoms with E-state index < -0.39 is 0 Å². The largest absolute Gasteiger partial charge is 0.444 e. The summed E-state index contributed by atoms with van der Waals surface area (Å²) in [7, 11) is 0. The van der Waals surface area contributed by atoms with Crippen molar-refractivity contribution >= 4 is 34.1 Å². The molecule has 1 saturated heterocycles. The Kier molecular flexibility index (Phi) is 5.81. The van der Waals surface area contributed by atoms with E-state index in [1.807, 2.05) is 0 Å². The van der Waals surface area contributed by atoms with E-state index >= 15 is 0 Å². The molecule has 1 aliphatic heterocycles. The summed E-state index contributed by atoms with van der Waals surface area (Å²) in [6.45, 7) is 8.05. The van der Waals surface area contributed by atoms with E-state index in [1.54, 1.807) is 24.2 Å². The van der Waals surface area contributed by atoms with Crippen LogP contribution < -0.4 is 10.6 Å². The molecular weight excluding hydrogens is 356 g/mol. The van der Waals surface area contributed by atoms with Crippen LogP contribution in [0, 0.1) is 5.92 Å². The fourth-order valence-electron chi connectivity index (χ4n) is 2.52. The third-order valence-electron chi connectivity index (χ3n) is 4.01. The highest BCUT2D eigenvalue weighted by molar-refractivity contribution is 8.00. The van der Waals surface area contributed by atoms with E-state index in [-0.39, 0.29) is 17.2 Å². The molecule has 136 valence electrons. The molecule has 0 saturated carbocycles. The lowest BCUT2D eigenvalue weighted by molar-refractivity contribution is -0.120. The van der Waals surface area contributed by atoms with E-state index in [1.165, 1.54) is 11.3 Å². The Bertz CT molecular complexity index is 714. The summed E-state index contributed by atoms with van der Waals surface area (Å²) in [5.41, 5.74) is -0.0359. The lowest BCUT2D eigenvalue weighted by Crippen LogP contribution is -2.37. The maximum absolute atomic E-state index is 12.2. The molecule has 3 rings (SSSR count). The van der Waals surface area contributed by atoms with Gasteiger partial charge < -0.3 is 15.1 Å². The highest BCUT2D eigenvalue weighted by Crippen LogP contribution is 2.32. The van der Waals surface area contributed by atoms with Crippen LogP contribution in [-0.4, -0.2) is 29.0 Å². The maximum atomic E-state index is 12.2. The number of nitrogens with one attached hydrogen (secondary N) is 2. The number of aromatic nitrogens is 2. The van der Waals surface area contributed by atoms with Gasteiger partial charge in [0.05, 0.1) is 28.3 Å². The Balaban J connectivity index is 1.51. The van der Waals surface area contributed by atoms with Gasteiger partial charge in [-0.15, -0.1) is 11.8 Å². The minimum atomic E-state index is -0.0359. The molecule has 25 heavy (non-hydrogen) atoms. The summed E-state index contributed by atoms with van der Waals surface area (Å²) in [6.07, 6.45) is 5.57. The van der Waals surface area contributed by atoms with Crippen LogP contribution in [0.25, 0.3) is 0 Å². The number of hydrogen-bond acceptors (Lipinski definition) is 7. The molecule has 0 aromatic carbocycles. The molecule has 0 unspecified atom stereocenters. The summed E-state index contributed by atoms with van der Waals surface area (Å²) < 4.78 is 6.83. The second-order valence-corrected chi connectivity index (χ2v) is 9.48. The van der Waals surface area contributed by atoms with E-state index in [2.05, 4.69) is 41.4 Å². The number of amides is 1. The fraction of sp³-hybridized carbons (Fsp3) is 0.588. The minimum Gasteiger partial charge on any atom is -0.444 e. The van der Waals surface area contributed by atoms with Crippen molar-refractivity contribution in [3.8, 4) is 0 Å². The van der Waals surface area contributed by atoms with Gasteiger partial charge in [-0.2, -0.15) is 0 Å². The molecule has 1 fully saturated rings. The lowest BCUT2D eigenvalue weighted by atomic mass is 9.94. The number of rotatable bonds is 5. The van der Waals surface area contributed by atoms with Crippen molar-refractivity contribution in [2.24, 2.45) is 5.92 Å². The van der Waals surface area contributed by atoms with Crippen molar-refractivity contribution in [3.63, 3.8) is 0 Å². The topological polar surface area (TPSA) is 80.0 Å². The lowest BCUT2D eigenvalue weighted by Gasteiger charge is -2.21. The quantitative estimate of drug-likeness (QED) is 0.771. The van der Waals surface area contributed by atoms with Crippen molar-refractivity contribution in [2.75, 3.05) is 18.4 Å². The zero-order chi connectivity index (χ0) is 17.9. The fourth-order valence-corrected chi connectivity index (χ4v) is 4.25. The van der Waals surface area contributed by atoms with Gasteiger partial charge in [0.25, 0.3) is 0 Å². The number of oxazole rings is 1. The van der Waals surface area contributed by atoms with Crippen LogP contribution in [0.1, 0.15) is 45.3 Å². The molecule has 3 heterocycles. The first-order chi connectivity index (χ1) is 11.9. The van der Waals surface area contributed by atoms with E-state index in [4.69, 9.17) is 4.42 Å². The van der Waals surface area contributed by atoms with E-state index in [0.717, 1.165) is 35.9 Å². The van der Waals surface area contributed by atoms with Crippen LogP contribution in [0.3, 0.4) is 0 Å². The molecule has 2 N–H and O–H groups in total. The first-order valence-corrected chi connectivity index (χ1v) is 10.3. The predicted octanol–water partition coefficient (Wildman–Crippen LogP) is 3.66. The van der Waals surface area contributed by atoms with Crippen LogP contribution in [0.2, 0.25) is 0 Å². The molecule has 8 heteroatoms. The molecular formula is C17H24N4O2S2. The standard InChI is InChI=1S/C17H24N4O2S2/c1-17(2,3)12-8-19-13(23-12)10-24-14-9-20-16(25-14)21-15(22)11-5-4-6-18-7-11/h8-9,11,18H,4-7,10H2,1-3H3,(H,20,21,22)/t11-/m1/s1. The van der Waals surface area contributed by atoms with E-state index in [9.17, 15) is 4.79 Å². The van der Waals surface area contributed by atoms with E-state index in [0.29, 0.717) is 16.8 Å². The van der Waals surface area contributed by atoms with Crippen LogP contribution >= 0.6 is 23.1 Å². The van der Waals surface area contributed by atoms with Gasteiger partial charge in [-0.1, -0.05) is 32.1 Å². The second-order valence-electron chi connectivity index (χ2n) is 7.17. The second kappa shape index (κ2) is 7.88. The molecule has 1 amide bonds. The molecule has 1 atom stereocenters. The number of nitrogens with zero attached hydrogens (tertiary/aromatic N) is 2. The summed E-state index contributed by atoms with van der Waals surface area (Å²) in [5, 5.41) is 6.84. The zero-order valence-electron chi connectivity index (χ0n) is 14.8. The maximum Gasteiger partial charge on any atom is 0.230 e. The molecule has 0 spiro atoms. The van der Waals surface area contributed by atoms with Crippen LogP contribution in [0.4, 0.5) is 5.13 Å². The summed E-state index contributed by atoms with van der Waals surface area (Å²) in [5.74, 6) is 2.35. The van der Waals surface area contributed by atoms with Crippen LogP contribution in [0.5, 0.6) is 0 Å². The highest BCUT2D eigenvalue weighted by Gasteiger charge is 2.22. The third-order valence-corrected chi connectivity index (χ3v) is 6.11. The van der Waals surface area contributed by atoms with Gasteiger partial charge in [0.15, 0.2) is 5.13 Å². The Morgan fingerprint density at radius 3 is 2.96 bits per heavy atom. The summed E-state index contributed by atoms with van der Waals surface area (Å²) in [4.78, 5) is 20.9. The average molecular weight is 381 g/mol. The highest BCUT2D eigenvalue weighted by atomic mass is 32.2. The van der Waals surface area contributed by atoms with Gasteiger partial charge >= 0.3 is 0 Å². The molecule has 0 aliphatic carbocycles. The molecule has 2 aromatic heterocycles. The van der Waals surface area contributed by atoms with Gasteiger partial charge in [-0.05, 0) is 19.4 Å². The number of piperidine rings is 1. The summed E-state index contributed by atoms with van der Waals surface area (Å²) >= 11 is 3.10. The number of anilines is 1. The Labute approximate surface area is 156 Å². The third kappa shape index (κ3) is 5.05. The van der Waals surface area contributed by atoms with Crippen LogP contribution in [-0.2, 0) is 16.0 Å². The monoisotopic (exact) mass is 380 g/mol. The number of thiazole rings is 1. The smallest absolute Gasteiger partial charge is 0.230 e. The molecule has 6 nitrogen and oxygen atoms in total. The number of hydrogen-bond donors (Lipinski definition) is 2. The van der Waals surface area contributed by atoms with Gasteiger partial charge in [0, 0.05) is 12.0 Å². The SMILES string of the molecule is CC(C)(C)c1cnc(CSc2cnc(NC(=O)[C@@H]3CCCNC3)s2)o1. The predicted molar refractivity (Wildman–Crippen MR) is 101 cm³/mol. The van der Waals surface area contributed by atoms with Gasteiger partial charge in [0.2, 0.25) is 11.8 Å². The van der Waals surface area contributed by atoms with Gasteiger partial charge in [0.1, 0.15) is 5.76 Å². The van der Waals surface area contributed by atoms with Crippen molar-refractivity contribution in [1.29, 1.82) is 0 Å². The van der Waals surface area contributed by atoms with Crippen molar-refractivity contribution in [2.45, 2.75) is 49.0 Å². The zero-order valence-corrected chi connectivity index (χ0v) is 16.4. The Morgan fingerprint density at radius 2 is 2.28 bits per heavy atom.